The second-order valence-corrected chi connectivity index (χ2v) is 7.29. The number of fused-ring (bicyclic) bond motifs is 1. The Bertz CT molecular complexity index is 1190. The fraction of sp³-hybridized carbons (Fsp3) is 0.192. The molecule has 0 amide bonds. The van der Waals surface area contributed by atoms with E-state index in [2.05, 4.69) is 41.8 Å². The minimum atomic E-state index is 0.361. The van der Waals surface area contributed by atoms with Crippen molar-refractivity contribution in [1.82, 2.24) is 9.55 Å². The number of aryl methyl sites for hydroxylation is 1. The Balaban J connectivity index is 1.64. The van der Waals surface area contributed by atoms with E-state index in [9.17, 15) is 0 Å². The van der Waals surface area contributed by atoms with Crippen molar-refractivity contribution in [2.75, 3.05) is 7.11 Å². The first-order valence-corrected chi connectivity index (χ1v) is 10.1. The number of imidazole rings is 1. The zero-order chi connectivity index (χ0) is 20.9. The maximum Gasteiger partial charge on any atom is 0.161 e. The molecule has 0 aliphatic heterocycles. The molecule has 0 spiro atoms. The van der Waals surface area contributed by atoms with Gasteiger partial charge in [-0.25, -0.2) is 4.98 Å². The highest BCUT2D eigenvalue weighted by atomic mass is 16.5. The second kappa shape index (κ2) is 8.87. The molecule has 4 rings (SSSR count). The van der Waals surface area contributed by atoms with Gasteiger partial charge in [0.05, 0.1) is 18.1 Å². The average molecular weight is 399 g/mol. The zero-order valence-corrected chi connectivity index (χ0v) is 17.6. The molecule has 0 saturated carbocycles. The molecule has 30 heavy (non-hydrogen) atoms. The average Bonchev–Trinajstić information content (AvgIpc) is 3.10. The minimum absolute atomic E-state index is 0.361. The van der Waals surface area contributed by atoms with Gasteiger partial charge in [-0.15, -0.1) is 0 Å². The van der Waals surface area contributed by atoms with Gasteiger partial charge in [-0.3, -0.25) is 0 Å². The predicted octanol–water partition coefficient (Wildman–Crippen LogP) is 6.01. The molecule has 4 aromatic rings. The highest BCUT2D eigenvalue weighted by molar-refractivity contribution is 5.76. The third kappa shape index (κ3) is 4.23. The fourth-order valence-corrected chi connectivity index (χ4v) is 3.65. The van der Waals surface area contributed by atoms with E-state index in [0.29, 0.717) is 18.1 Å². The van der Waals surface area contributed by atoms with Crippen LogP contribution in [0.25, 0.3) is 17.1 Å². The van der Waals surface area contributed by atoms with Crippen LogP contribution in [0.15, 0.2) is 72.8 Å². The van der Waals surface area contributed by atoms with Crippen molar-refractivity contribution in [2.45, 2.75) is 27.0 Å². The van der Waals surface area contributed by atoms with Gasteiger partial charge >= 0.3 is 0 Å². The maximum absolute atomic E-state index is 6.15. The number of benzene rings is 3. The summed E-state index contributed by atoms with van der Waals surface area (Å²) in [5.74, 6) is 2.31. The Morgan fingerprint density at radius 3 is 2.63 bits per heavy atom. The van der Waals surface area contributed by atoms with Crippen LogP contribution in [0.4, 0.5) is 0 Å². The number of rotatable bonds is 7. The molecule has 4 heteroatoms. The van der Waals surface area contributed by atoms with E-state index < -0.39 is 0 Å². The molecule has 0 aliphatic carbocycles. The molecule has 1 aromatic heterocycles. The minimum Gasteiger partial charge on any atom is -0.493 e. The number of aromatic nitrogens is 2. The van der Waals surface area contributed by atoms with Gasteiger partial charge in [0.1, 0.15) is 12.4 Å². The van der Waals surface area contributed by atoms with Crippen molar-refractivity contribution in [3.05, 3.63) is 95.3 Å². The number of allylic oxidation sites excluding steroid dienone is 1. The van der Waals surface area contributed by atoms with E-state index in [1.54, 1.807) is 7.11 Å². The van der Waals surface area contributed by atoms with Crippen LogP contribution in [0, 0.1) is 6.92 Å². The maximum atomic E-state index is 6.15. The fourth-order valence-electron chi connectivity index (χ4n) is 3.65. The Morgan fingerprint density at radius 2 is 1.83 bits per heavy atom. The summed E-state index contributed by atoms with van der Waals surface area (Å²) in [5.41, 5.74) is 5.65. The second-order valence-electron chi connectivity index (χ2n) is 7.29. The Labute approximate surface area is 177 Å². The van der Waals surface area contributed by atoms with Gasteiger partial charge in [-0.2, -0.15) is 0 Å². The van der Waals surface area contributed by atoms with Gasteiger partial charge in [-0.05, 0) is 49.2 Å². The van der Waals surface area contributed by atoms with E-state index in [1.165, 1.54) is 11.1 Å². The van der Waals surface area contributed by atoms with Crippen molar-refractivity contribution >= 4 is 17.1 Å². The summed E-state index contributed by atoms with van der Waals surface area (Å²) in [6.45, 7) is 5.22. The summed E-state index contributed by atoms with van der Waals surface area (Å²) in [5, 5.41) is 0. The smallest absolute Gasteiger partial charge is 0.161 e. The first kappa shape index (κ1) is 19.8. The van der Waals surface area contributed by atoms with Crippen LogP contribution in [0.2, 0.25) is 0 Å². The van der Waals surface area contributed by atoms with E-state index in [0.717, 1.165) is 29.0 Å². The highest BCUT2D eigenvalue weighted by Gasteiger charge is 2.13. The van der Waals surface area contributed by atoms with Gasteiger partial charge in [0, 0.05) is 6.54 Å². The monoisotopic (exact) mass is 398 g/mol. The van der Waals surface area contributed by atoms with Crippen molar-refractivity contribution in [1.29, 1.82) is 0 Å². The van der Waals surface area contributed by atoms with Crippen LogP contribution < -0.4 is 9.47 Å². The van der Waals surface area contributed by atoms with Crippen LogP contribution in [0.1, 0.15) is 29.4 Å². The number of para-hydroxylation sites is 2. The predicted molar refractivity (Wildman–Crippen MR) is 122 cm³/mol. The Kier molecular flexibility index (Phi) is 5.84. The summed E-state index contributed by atoms with van der Waals surface area (Å²) in [6.07, 6.45) is 4.04. The van der Waals surface area contributed by atoms with Crippen molar-refractivity contribution in [3.8, 4) is 11.5 Å². The van der Waals surface area contributed by atoms with Gasteiger partial charge < -0.3 is 14.0 Å². The van der Waals surface area contributed by atoms with E-state index in [-0.39, 0.29) is 0 Å². The molecule has 3 aromatic carbocycles. The lowest BCUT2D eigenvalue weighted by molar-refractivity contribution is 0.273. The first-order chi connectivity index (χ1) is 14.7. The van der Waals surface area contributed by atoms with E-state index in [4.69, 9.17) is 14.5 Å². The molecule has 0 saturated heterocycles. The van der Waals surface area contributed by atoms with Crippen molar-refractivity contribution in [3.63, 3.8) is 0 Å². The van der Waals surface area contributed by atoms with Gasteiger partial charge in [0.2, 0.25) is 0 Å². The van der Waals surface area contributed by atoms with Crippen LogP contribution >= 0.6 is 0 Å². The van der Waals surface area contributed by atoms with Crippen LogP contribution in [0.5, 0.6) is 11.5 Å². The molecule has 0 aliphatic rings. The van der Waals surface area contributed by atoms with Gasteiger partial charge in [0.25, 0.3) is 0 Å². The largest absolute Gasteiger partial charge is 0.493 e. The lowest BCUT2D eigenvalue weighted by atomic mass is 10.1. The molecule has 4 nitrogen and oxygen atoms in total. The lowest BCUT2D eigenvalue weighted by Gasteiger charge is -2.13. The molecule has 0 unspecified atom stereocenters. The Morgan fingerprint density at radius 1 is 0.967 bits per heavy atom. The summed E-state index contributed by atoms with van der Waals surface area (Å²) < 4.78 is 13.9. The summed E-state index contributed by atoms with van der Waals surface area (Å²) in [6, 6.07) is 22.7. The Hall–Kier alpha value is -3.53. The molecule has 0 radical (unpaired) electrons. The van der Waals surface area contributed by atoms with Crippen LogP contribution in [-0.4, -0.2) is 16.7 Å². The topological polar surface area (TPSA) is 36.3 Å². The highest BCUT2D eigenvalue weighted by Crippen LogP contribution is 2.30. The number of methoxy groups -OCH3 is 1. The van der Waals surface area contributed by atoms with E-state index >= 15 is 0 Å². The summed E-state index contributed by atoms with van der Waals surface area (Å²) in [4.78, 5) is 4.83. The number of nitrogens with zero attached hydrogens (tertiary/aromatic N) is 2. The quantitative estimate of drug-likeness (QED) is 0.382. The van der Waals surface area contributed by atoms with E-state index in [1.807, 2.05) is 55.5 Å². The molecular weight excluding hydrogens is 372 g/mol. The third-order valence-corrected chi connectivity index (χ3v) is 5.06. The molecule has 0 fully saturated rings. The van der Waals surface area contributed by atoms with Gasteiger partial charge in [-0.1, -0.05) is 60.2 Å². The van der Waals surface area contributed by atoms with Gasteiger partial charge in [0.15, 0.2) is 11.5 Å². The van der Waals surface area contributed by atoms with Crippen LogP contribution in [0.3, 0.4) is 0 Å². The molecule has 0 bridgehead atoms. The zero-order valence-electron chi connectivity index (χ0n) is 17.6. The number of hydrogen-bond acceptors (Lipinski definition) is 3. The molecule has 0 N–H and O–H groups in total. The van der Waals surface area contributed by atoms with Crippen molar-refractivity contribution < 1.29 is 9.47 Å². The first-order valence-electron chi connectivity index (χ1n) is 10.1. The lowest BCUT2D eigenvalue weighted by Crippen LogP contribution is -2.09. The van der Waals surface area contributed by atoms with Crippen LogP contribution in [-0.2, 0) is 13.2 Å². The SMILES string of the molecule is C/C=C\c1ccc(OCc2nc3ccccc3n2Cc2cccc(C)c2)c(OC)c1. The molecule has 152 valence electrons. The molecule has 1 heterocycles. The summed E-state index contributed by atoms with van der Waals surface area (Å²) in [7, 11) is 1.66. The summed E-state index contributed by atoms with van der Waals surface area (Å²) >= 11 is 0. The molecule has 0 atom stereocenters. The third-order valence-electron chi connectivity index (χ3n) is 5.06. The number of ether oxygens (including phenoxy) is 2. The number of hydrogen-bond donors (Lipinski definition) is 0. The van der Waals surface area contributed by atoms with Crippen molar-refractivity contribution in [2.24, 2.45) is 0 Å². The molecular formula is C26H26N2O2. The standard InChI is InChI=1S/C26H26N2O2/c1-4-8-20-13-14-24(25(16-20)29-3)30-18-26-27-22-11-5-6-12-23(22)28(26)17-21-10-7-9-19(2)15-21/h4-16H,17-18H2,1-3H3/b8-4-. The normalized spacial score (nSPS) is 11.3.